The third kappa shape index (κ3) is 3.88. The third-order valence-corrected chi connectivity index (χ3v) is 4.01. The Hall–Kier alpha value is -4.27. The maximum atomic E-state index is 12.9. The quantitative estimate of drug-likeness (QED) is 0.377. The Morgan fingerprint density at radius 2 is 1.59 bits per heavy atom. The first-order valence-corrected chi connectivity index (χ1v) is 8.35. The monoisotopic (exact) mass is 393 g/mol. The number of rotatable bonds is 5. The Morgan fingerprint density at radius 3 is 2.24 bits per heavy atom. The highest BCUT2D eigenvalue weighted by atomic mass is 19.1. The molecule has 1 N–H and O–H groups in total. The second-order valence-corrected chi connectivity index (χ2v) is 5.96. The van der Waals surface area contributed by atoms with Gasteiger partial charge in [-0.1, -0.05) is 5.16 Å². The van der Waals surface area contributed by atoms with Crippen LogP contribution in [0.25, 0.3) is 22.8 Å². The van der Waals surface area contributed by atoms with E-state index >= 15 is 0 Å². The molecule has 144 valence electrons. The van der Waals surface area contributed by atoms with Crippen molar-refractivity contribution >= 4 is 5.69 Å². The summed E-state index contributed by atoms with van der Waals surface area (Å²) in [4.78, 5) is 14.5. The minimum Gasteiger partial charge on any atom is -0.502 e. The lowest BCUT2D eigenvalue weighted by atomic mass is 10.2. The van der Waals surface area contributed by atoms with Crippen LogP contribution in [0.15, 0.2) is 71.3 Å². The highest BCUT2D eigenvalue weighted by Crippen LogP contribution is 2.32. The maximum absolute atomic E-state index is 12.9. The molecule has 0 saturated carbocycles. The zero-order valence-corrected chi connectivity index (χ0v) is 14.7. The number of nitro benzene ring substituents is 1. The van der Waals surface area contributed by atoms with Gasteiger partial charge in [0.1, 0.15) is 17.3 Å². The van der Waals surface area contributed by atoms with Crippen LogP contribution in [-0.2, 0) is 0 Å². The summed E-state index contributed by atoms with van der Waals surface area (Å²) in [6.07, 6.45) is 0. The predicted octanol–water partition coefficient (Wildman–Crippen LogP) is 4.95. The standard InChI is InChI=1S/C20H12FN3O5/c21-14-4-8-16(9-5-14)28-15-6-1-12(2-7-15)19-22-20(29-23-19)13-3-10-18(25)17(11-13)24(26)27/h1-11,25H. The van der Waals surface area contributed by atoms with Gasteiger partial charge in [0.05, 0.1) is 4.92 Å². The maximum Gasteiger partial charge on any atom is 0.311 e. The molecule has 4 rings (SSSR count). The summed E-state index contributed by atoms with van der Waals surface area (Å²) in [7, 11) is 0. The van der Waals surface area contributed by atoms with Crippen molar-refractivity contribution in [3.8, 4) is 40.1 Å². The molecule has 0 atom stereocenters. The van der Waals surface area contributed by atoms with Crippen LogP contribution in [0.2, 0.25) is 0 Å². The zero-order valence-electron chi connectivity index (χ0n) is 14.7. The first kappa shape index (κ1) is 18.1. The van der Waals surface area contributed by atoms with Crippen LogP contribution >= 0.6 is 0 Å². The predicted molar refractivity (Wildman–Crippen MR) is 100.0 cm³/mol. The van der Waals surface area contributed by atoms with Crippen molar-refractivity contribution in [3.63, 3.8) is 0 Å². The summed E-state index contributed by atoms with van der Waals surface area (Å²) in [6.45, 7) is 0. The van der Waals surface area contributed by atoms with E-state index in [1.165, 1.54) is 36.4 Å². The molecule has 3 aromatic carbocycles. The van der Waals surface area contributed by atoms with Crippen molar-refractivity contribution in [2.75, 3.05) is 0 Å². The number of hydrogen-bond acceptors (Lipinski definition) is 7. The number of aromatic hydroxyl groups is 1. The molecule has 0 fully saturated rings. The van der Waals surface area contributed by atoms with E-state index in [1.54, 1.807) is 24.3 Å². The SMILES string of the molecule is O=[N+]([O-])c1cc(-c2nc(-c3ccc(Oc4ccc(F)cc4)cc3)no2)ccc1O. The zero-order chi connectivity index (χ0) is 20.4. The summed E-state index contributed by atoms with van der Waals surface area (Å²) >= 11 is 0. The topological polar surface area (TPSA) is 112 Å². The Bertz CT molecular complexity index is 1170. The van der Waals surface area contributed by atoms with Crippen molar-refractivity contribution in [1.29, 1.82) is 0 Å². The molecule has 9 heteroatoms. The second kappa shape index (κ2) is 7.39. The molecule has 0 radical (unpaired) electrons. The van der Waals surface area contributed by atoms with Gasteiger partial charge in [0.25, 0.3) is 5.89 Å². The van der Waals surface area contributed by atoms with Gasteiger partial charge in [-0.05, 0) is 60.7 Å². The molecule has 0 saturated heterocycles. The Balaban J connectivity index is 1.54. The summed E-state index contributed by atoms with van der Waals surface area (Å²) in [5, 5.41) is 24.4. The van der Waals surface area contributed by atoms with E-state index in [0.717, 1.165) is 6.07 Å². The number of aromatic nitrogens is 2. The van der Waals surface area contributed by atoms with Crippen LogP contribution in [0.1, 0.15) is 0 Å². The molecule has 0 aliphatic rings. The summed E-state index contributed by atoms with van der Waals surface area (Å²) in [6, 6.07) is 16.3. The number of benzene rings is 3. The van der Waals surface area contributed by atoms with Crippen LogP contribution in [0.3, 0.4) is 0 Å². The lowest BCUT2D eigenvalue weighted by molar-refractivity contribution is -0.385. The van der Waals surface area contributed by atoms with E-state index in [-0.39, 0.29) is 17.5 Å². The second-order valence-electron chi connectivity index (χ2n) is 5.96. The van der Waals surface area contributed by atoms with Crippen molar-refractivity contribution in [2.24, 2.45) is 0 Å². The van der Waals surface area contributed by atoms with Gasteiger partial charge >= 0.3 is 5.69 Å². The molecule has 0 aliphatic heterocycles. The molecule has 0 bridgehead atoms. The van der Waals surface area contributed by atoms with E-state index in [0.29, 0.717) is 22.6 Å². The Kier molecular flexibility index (Phi) is 4.62. The van der Waals surface area contributed by atoms with Crippen molar-refractivity contribution in [2.45, 2.75) is 0 Å². The van der Waals surface area contributed by atoms with Crippen LogP contribution < -0.4 is 4.74 Å². The molecule has 0 spiro atoms. The molecule has 0 aliphatic carbocycles. The van der Waals surface area contributed by atoms with E-state index in [1.807, 2.05) is 0 Å². The number of phenols is 1. The van der Waals surface area contributed by atoms with Gasteiger partial charge in [-0.3, -0.25) is 10.1 Å². The van der Waals surface area contributed by atoms with Crippen molar-refractivity contribution < 1.29 is 23.7 Å². The van der Waals surface area contributed by atoms with E-state index in [4.69, 9.17) is 9.26 Å². The number of hydrogen-bond donors (Lipinski definition) is 1. The average molecular weight is 393 g/mol. The number of nitro groups is 1. The van der Waals surface area contributed by atoms with Crippen LogP contribution in [0.5, 0.6) is 17.2 Å². The lowest BCUT2D eigenvalue weighted by Gasteiger charge is -2.05. The minimum absolute atomic E-state index is 0.0785. The van der Waals surface area contributed by atoms with Crippen molar-refractivity contribution in [3.05, 3.63) is 82.7 Å². The highest BCUT2D eigenvalue weighted by molar-refractivity contribution is 5.64. The molecule has 29 heavy (non-hydrogen) atoms. The molecule has 1 heterocycles. The lowest BCUT2D eigenvalue weighted by Crippen LogP contribution is -1.89. The van der Waals surface area contributed by atoms with Gasteiger partial charge in [0.2, 0.25) is 5.82 Å². The number of phenolic OH excluding ortho intramolecular Hbond substituents is 1. The largest absolute Gasteiger partial charge is 0.502 e. The molecule has 0 amide bonds. The molecule has 1 aromatic heterocycles. The minimum atomic E-state index is -0.698. The number of halogens is 1. The van der Waals surface area contributed by atoms with Gasteiger partial charge in [0, 0.05) is 17.2 Å². The van der Waals surface area contributed by atoms with E-state index in [9.17, 15) is 19.6 Å². The third-order valence-electron chi connectivity index (χ3n) is 4.01. The summed E-state index contributed by atoms with van der Waals surface area (Å²) in [5.74, 6) is 0.599. The normalized spacial score (nSPS) is 10.7. The van der Waals surface area contributed by atoms with Gasteiger partial charge in [0.15, 0.2) is 5.75 Å². The highest BCUT2D eigenvalue weighted by Gasteiger charge is 2.18. The fourth-order valence-corrected chi connectivity index (χ4v) is 2.57. The summed E-state index contributed by atoms with van der Waals surface area (Å²) in [5.41, 5.74) is 0.494. The first-order valence-electron chi connectivity index (χ1n) is 8.35. The Labute approximate surface area is 163 Å². The van der Waals surface area contributed by atoms with E-state index < -0.39 is 16.4 Å². The van der Waals surface area contributed by atoms with Crippen LogP contribution in [-0.4, -0.2) is 20.2 Å². The van der Waals surface area contributed by atoms with Gasteiger partial charge in [-0.25, -0.2) is 4.39 Å². The fraction of sp³-hybridized carbons (Fsp3) is 0. The smallest absolute Gasteiger partial charge is 0.311 e. The molecular formula is C20H12FN3O5. The fourth-order valence-electron chi connectivity index (χ4n) is 2.57. The molecule has 4 aromatic rings. The van der Waals surface area contributed by atoms with Gasteiger partial charge in [-0.2, -0.15) is 4.98 Å². The average Bonchev–Trinajstić information content (AvgIpc) is 3.21. The van der Waals surface area contributed by atoms with Crippen LogP contribution in [0.4, 0.5) is 10.1 Å². The van der Waals surface area contributed by atoms with E-state index in [2.05, 4.69) is 10.1 Å². The van der Waals surface area contributed by atoms with Crippen molar-refractivity contribution in [1.82, 2.24) is 10.1 Å². The van der Waals surface area contributed by atoms with Crippen LogP contribution in [0, 0.1) is 15.9 Å². The molecule has 8 nitrogen and oxygen atoms in total. The van der Waals surface area contributed by atoms with Gasteiger partial charge < -0.3 is 14.4 Å². The molecule has 0 unspecified atom stereocenters. The first-order chi connectivity index (χ1) is 14.0. The number of ether oxygens (including phenoxy) is 1. The summed E-state index contributed by atoms with van der Waals surface area (Å²) < 4.78 is 23.8. The Morgan fingerprint density at radius 1 is 0.966 bits per heavy atom. The number of nitrogens with zero attached hydrogens (tertiary/aromatic N) is 3. The molecular weight excluding hydrogens is 381 g/mol. The van der Waals surface area contributed by atoms with Gasteiger partial charge in [-0.15, -0.1) is 0 Å².